The highest BCUT2D eigenvalue weighted by molar-refractivity contribution is 5.80. The van der Waals surface area contributed by atoms with Gasteiger partial charge in [-0.05, 0) is 24.3 Å². The predicted octanol–water partition coefficient (Wildman–Crippen LogP) is 2.75. The molecule has 2 aromatic carbocycles. The van der Waals surface area contributed by atoms with Crippen LogP contribution in [0.4, 0.5) is 11.4 Å². The Hall–Kier alpha value is -2.49. The first-order valence-electron chi connectivity index (χ1n) is 6.11. The highest BCUT2D eigenvalue weighted by Crippen LogP contribution is 2.19. The summed E-state index contributed by atoms with van der Waals surface area (Å²) in [6.45, 7) is 1.21. The molecule has 4 nitrogen and oxygen atoms in total. The van der Waals surface area contributed by atoms with E-state index in [0.717, 1.165) is 17.1 Å². The summed E-state index contributed by atoms with van der Waals surface area (Å²) in [6, 6.07) is 17.2. The molecule has 0 unspecified atom stereocenters. The Morgan fingerprint density at radius 2 is 1.63 bits per heavy atom. The summed E-state index contributed by atoms with van der Waals surface area (Å²) in [5, 5.41) is 5.87. The number of carbonyl (C=O) groups is 1. The lowest BCUT2D eigenvalue weighted by molar-refractivity contribution is -0.105. The molecular weight excluding hydrogens is 240 g/mol. The third-order valence-electron chi connectivity index (χ3n) is 2.57. The lowest BCUT2D eigenvalue weighted by atomic mass is 10.2. The zero-order valence-corrected chi connectivity index (χ0v) is 10.5. The predicted molar refractivity (Wildman–Crippen MR) is 76.6 cm³/mol. The number of nitrogens with one attached hydrogen (secondary N) is 2. The van der Waals surface area contributed by atoms with Gasteiger partial charge in [-0.1, -0.05) is 30.3 Å². The first kappa shape index (κ1) is 13.0. The zero-order chi connectivity index (χ0) is 13.3. The van der Waals surface area contributed by atoms with Crippen molar-refractivity contribution in [3.63, 3.8) is 0 Å². The van der Waals surface area contributed by atoms with Gasteiger partial charge < -0.3 is 15.4 Å². The van der Waals surface area contributed by atoms with Crippen molar-refractivity contribution in [1.29, 1.82) is 0 Å². The molecule has 0 saturated carbocycles. The molecular formula is C15H16N2O2. The molecule has 2 N–H and O–H groups in total. The minimum Gasteiger partial charge on any atom is -0.492 e. The fraction of sp³-hybridized carbons (Fsp3) is 0.133. The molecule has 0 aliphatic rings. The third-order valence-corrected chi connectivity index (χ3v) is 2.57. The van der Waals surface area contributed by atoms with Gasteiger partial charge in [0.2, 0.25) is 6.41 Å². The van der Waals surface area contributed by atoms with E-state index in [2.05, 4.69) is 10.6 Å². The number of carbonyl (C=O) groups excluding carboxylic acids is 1. The fourth-order valence-corrected chi connectivity index (χ4v) is 1.70. The molecule has 0 fully saturated rings. The number of rotatable bonds is 7. The molecule has 0 aliphatic heterocycles. The Bertz CT molecular complexity index is 515. The molecule has 0 atom stereocenters. The Morgan fingerprint density at radius 3 is 2.37 bits per heavy atom. The summed E-state index contributed by atoms with van der Waals surface area (Å²) >= 11 is 0. The Labute approximate surface area is 112 Å². The second-order valence-electron chi connectivity index (χ2n) is 3.90. The van der Waals surface area contributed by atoms with Gasteiger partial charge in [-0.25, -0.2) is 0 Å². The van der Waals surface area contributed by atoms with Crippen LogP contribution in [0, 0.1) is 0 Å². The minimum atomic E-state index is 0.555. The van der Waals surface area contributed by atoms with Crippen LogP contribution in [-0.2, 0) is 4.79 Å². The summed E-state index contributed by atoms with van der Waals surface area (Å²) in [4.78, 5) is 10.5. The van der Waals surface area contributed by atoms with Gasteiger partial charge in [0.1, 0.15) is 12.4 Å². The van der Waals surface area contributed by atoms with E-state index in [1.807, 2.05) is 54.6 Å². The summed E-state index contributed by atoms with van der Waals surface area (Å²) in [5.74, 6) is 0.851. The van der Waals surface area contributed by atoms with Crippen molar-refractivity contribution in [2.24, 2.45) is 0 Å². The van der Waals surface area contributed by atoms with Crippen LogP contribution < -0.4 is 15.4 Å². The van der Waals surface area contributed by atoms with Gasteiger partial charge in [0, 0.05) is 6.54 Å². The number of para-hydroxylation sites is 3. The molecule has 1 amide bonds. The summed E-state index contributed by atoms with van der Waals surface area (Å²) in [7, 11) is 0. The molecule has 0 bridgehead atoms. The molecule has 2 aromatic rings. The monoisotopic (exact) mass is 256 g/mol. The van der Waals surface area contributed by atoms with Crippen LogP contribution in [0.2, 0.25) is 0 Å². The highest BCUT2D eigenvalue weighted by atomic mass is 16.5. The molecule has 0 aliphatic carbocycles. The molecule has 0 saturated heterocycles. The van der Waals surface area contributed by atoms with E-state index in [1.54, 1.807) is 0 Å². The zero-order valence-electron chi connectivity index (χ0n) is 10.5. The molecule has 4 heteroatoms. The average molecular weight is 256 g/mol. The smallest absolute Gasteiger partial charge is 0.211 e. The standard InChI is InChI=1S/C15H16N2O2/c18-12-17-15-9-5-4-8-14(15)16-10-11-19-13-6-2-1-3-7-13/h1-9,12,16H,10-11H2,(H,17,18). The number of anilines is 2. The molecule has 0 heterocycles. The van der Waals surface area contributed by atoms with E-state index in [4.69, 9.17) is 4.74 Å². The Morgan fingerprint density at radius 1 is 0.947 bits per heavy atom. The van der Waals surface area contributed by atoms with E-state index in [9.17, 15) is 4.79 Å². The van der Waals surface area contributed by atoms with Gasteiger partial charge in [-0.3, -0.25) is 4.79 Å². The Kier molecular flexibility index (Phi) is 4.81. The molecule has 0 spiro atoms. The topological polar surface area (TPSA) is 50.4 Å². The van der Waals surface area contributed by atoms with Crippen molar-refractivity contribution in [2.75, 3.05) is 23.8 Å². The van der Waals surface area contributed by atoms with Crippen LogP contribution in [0.15, 0.2) is 54.6 Å². The second-order valence-corrected chi connectivity index (χ2v) is 3.90. The number of hydrogen-bond donors (Lipinski definition) is 2. The molecule has 19 heavy (non-hydrogen) atoms. The largest absolute Gasteiger partial charge is 0.492 e. The third kappa shape index (κ3) is 4.03. The van der Waals surface area contributed by atoms with Crippen molar-refractivity contribution in [3.8, 4) is 5.75 Å². The normalized spacial score (nSPS) is 9.68. The lowest BCUT2D eigenvalue weighted by Gasteiger charge is -2.11. The van der Waals surface area contributed by atoms with Gasteiger partial charge in [-0.15, -0.1) is 0 Å². The minimum absolute atomic E-state index is 0.555. The van der Waals surface area contributed by atoms with E-state index in [1.165, 1.54) is 0 Å². The van der Waals surface area contributed by atoms with Crippen LogP contribution in [0.5, 0.6) is 5.75 Å². The van der Waals surface area contributed by atoms with Crippen molar-refractivity contribution in [1.82, 2.24) is 0 Å². The van der Waals surface area contributed by atoms with E-state index in [0.29, 0.717) is 19.6 Å². The van der Waals surface area contributed by atoms with Crippen molar-refractivity contribution in [2.45, 2.75) is 0 Å². The highest BCUT2D eigenvalue weighted by Gasteiger charge is 1.99. The van der Waals surface area contributed by atoms with Crippen LogP contribution >= 0.6 is 0 Å². The maximum atomic E-state index is 10.5. The van der Waals surface area contributed by atoms with Gasteiger partial charge in [0.05, 0.1) is 11.4 Å². The summed E-state index contributed by atoms with van der Waals surface area (Å²) in [6.07, 6.45) is 0.668. The second kappa shape index (κ2) is 7.06. The fourth-order valence-electron chi connectivity index (χ4n) is 1.70. The number of ether oxygens (including phenoxy) is 1. The van der Waals surface area contributed by atoms with Crippen molar-refractivity contribution >= 4 is 17.8 Å². The SMILES string of the molecule is O=CNc1ccccc1NCCOc1ccccc1. The Balaban J connectivity index is 1.81. The van der Waals surface area contributed by atoms with Crippen LogP contribution in [0.25, 0.3) is 0 Å². The van der Waals surface area contributed by atoms with Crippen molar-refractivity contribution < 1.29 is 9.53 Å². The van der Waals surface area contributed by atoms with Crippen molar-refractivity contribution in [3.05, 3.63) is 54.6 Å². The number of hydrogen-bond acceptors (Lipinski definition) is 3. The molecule has 0 radical (unpaired) electrons. The van der Waals surface area contributed by atoms with Gasteiger partial charge in [-0.2, -0.15) is 0 Å². The van der Waals surface area contributed by atoms with Crippen LogP contribution in [0.3, 0.4) is 0 Å². The first-order chi connectivity index (χ1) is 9.40. The average Bonchev–Trinajstić information content (AvgIpc) is 2.47. The molecule has 98 valence electrons. The molecule has 0 aromatic heterocycles. The van der Waals surface area contributed by atoms with Gasteiger partial charge >= 0.3 is 0 Å². The quantitative estimate of drug-likeness (QED) is 0.591. The summed E-state index contributed by atoms with van der Waals surface area (Å²) in [5.41, 5.74) is 1.64. The maximum Gasteiger partial charge on any atom is 0.211 e. The van der Waals surface area contributed by atoms with Gasteiger partial charge in [0.15, 0.2) is 0 Å². The molecule has 2 rings (SSSR count). The lowest BCUT2D eigenvalue weighted by Crippen LogP contribution is -2.12. The van der Waals surface area contributed by atoms with Gasteiger partial charge in [0.25, 0.3) is 0 Å². The number of benzene rings is 2. The van der Waals surface area contributed by atoms with E-state index < -0.39 is 0 Å². The van der Waals surface area contributed by atoms with E-state index in [-0.39, 0.29) is 0 Å². The van der Waals surface area contributed by atoms with Crippen LogP contribution in [-0.4, -0.2) is 19.6 Å². The summed E-state index contributed by atoms with van der Waals surface area (Å²) < 4.78 is 5.58. The number of amides is 1. The van der Waals surface area contributed by atoms with Crippen LogP contribution in [0.1, 0.15) is 0 Å². The maximum absolute atomic E-state index is 10.5. The van der Waals surface area contributed by atoms with E-state index >= 15 is 0 Å². The first-order valence-corrected chi connectivity index (χ1v) is 6.11.